The zero-order valence-electron chi connectivity index (χ0n) is 15.9. The molecule has 0 saturated carbocycles. The van der Waals surface area contributed by atoms with E-state index >= 15 is 0 Å². The van der Waals surface area contributed by atoms with Crippen molar-refractivity contribution in [3.63, 3.8) is 0 Å². The number of carbonyl (C=O) groups is 1. The van der Waals surface area contributed by atoms with Gasteiger partial charge in [-0.1, -0.05) is 12.1 Å². The predicted molar refractivity (Wildman–Crippen MR) is 108 cm³/mol. The fraction of sp³-hybridized carbons (Fsp3) is 0.316. The zero-order chi connectivity index (χ0) is 20.0. The van der Waals surface area contributed by atoms with E-state index in [2.05, 4.69) is 0 Å². The molecule has 2 rings (SSSR count). The minimum atomic E-state index is -3.66. The molecule has 1 aromatic heterocycles. The number of benzene rings is 1. The van der Waals surface area contributed by atoms with E-state index in [1.807, 2.05) is 24.4 Å². The standard InChI is InChI=1S/C19H24N2O4S2/c1-5-21(14-16-7-6-12-26-16)19(22)11-9-15-8-10-17(25-4)18(13-15)27(23,24)20(2)3/h6-13H,5,14H2,1-4H3/b11-9+. The van der Waals surface area contributed by atoms with E-state index in [0.29, 0.717) is 18.7 Å². The van der Waals surface area contributed by atoms with Crippen LogP contribution in [0, 0.1) is 0 Å². The lowest BCUT2D eigenvalue weighted by molar-refractivity contribution is -0.126. The molecule has 0 aliphatic carbocycles. The quantitative estimate of drug-likeness (QED) is 0.630. The average Bonchev–Trinajstić information content (AvgIpc) is 3.16. The molecular weight excluding hydrogens is 384 g/mol. The maximum atomic E-state index is 12.5. The van der Waals surface area contributed by atoms with E-state index in [9.17, 15) is 13.2 Å². The summed E-state index contributed by atoms with van der Waals surface area (Å²) in [5.41, 5.74) is 0.608. The number of likely N-dealkylation sites (N-methyl/N-ethyl adjacent to an activating group) is 1. The van der Waals surface area contributed by atoms with Crippen molar-refractivity contribution in [3.05, 3.63) is 52.2 Å². The summed E-state index contributed by atoms with van der Waals surface area (Å²) < 4.78 is 31.3. The molecule has 1 amide bonds. The minimum absolute atomic E-state index is 0.0653. The van der Waals surface area contributed by atoms with Crippen molar-refractivity contribution in [1.29, 1.82) is 0 Å². The van der Waals surface area contributed by atoms with E-state index in [1.165, 1.54) is 33.3 Å². The smallest absolute Gasteiger partial charge is 0.246 e. The van der Waals surface area contributed by atoms with Gasteiger partial charge >= 0.3 is 0 Å². The summed E-state index contributed by atoms with van der Waals surface area (Å²) >= 11 is 1.61. The second-order valence-electron chi connectivity index (χ2n) is 5.96. The van der Waals surface area contributed by atoms with Gasteiger partial charge in [-0.15, -0.1) is 11.3 Å². The Morgan fingerprint density at radius 3 is 2.56 bits per heavy atom. The molecule has 0 aliphatic heterocycles. The van der Waals surface area contributed by atoms with Crippen LogP contribution >= 0.6 is 11.3 Å². The monoisotopic (exact) mass is 408 g/mol. The van der Waals surface area contributed by atoms with Crippen molar-refractivity contribution in [2.45, 2.75) is 18.4 Å². The van der Waals surface area contributed by atoms with Gasteiger partial charge in [-0.2, -0.15) is 0 Å². The highest BCUT2D eigenvalue weighted by Gasteiger charge is 2.22. The summed E-state index contributed by atoms with van der Waals surface area (Å²) in [7, 11) is 0.693. The Hall–Kier alpha value is -2.16. The van der Waals surface area contributed by atoms with E-state index in [0.717, 1.165) is 9.18 Å². The van der Waals surface area contributed by atoms with Crippen molar-refractivity contribution in [3.8, 4) is 5.75 Å². The van der Waals surface area contributed by atoms with Crippen molar-refractivity contribution < 1.29 is 17.9 Å². The molecule has 0 saturated heterocycles. The van der Waals surface area contributed by atoms with Crippen LogP contribution in [-0.2, 0) is 21.4 Å². The van der Waals surface area contributed by atoms with Gasteiger partial charge in [0.15, 0.2) is 0 Å². The highest BCUT2D eigenvalue weighted by Crippen LogP contribution is 2.27. The molecule has 27 heavy (non-hydrogen) atoms. The minimum Gasteiger partial charge on any atom is -0.495 e. The van der Waals surface area contributed by atoms with E-state index < -0.39 is 10.0 Å². The number of hydrogen-bond acceptors (Lipinski definition) is 5. The van der Waals surface area contributed by atoms with Crippen LogP contribution in [0.25, 0.3) is 6.08 Å². The molecule has 146 valence electrons. The first-order valence-corrected chi connectivity index (χ1v) is 10.7. The van der Waals surface area contributed by atoms with Crippen LogP contribution in [-0.4, -0.2) is 51.3 Å². The Bertz CT molecular complexity index is 904. The van der Waals surface area contributed by atoms with Gasteiger partial charge in [-0.25, -0.2) is 12.7 Å². The number of thiophene rings is 1. The number of rotatable bonds is 8. The molecule has 0 fully saturated rings. The second-order valence-corrected chi connectivity index (χ2v) is 9.12. The first-order chi connectivity index (χ1) is 12.8. The van der Waals surface area contributed by atoms with Crippen LogP contribution in [0.1, 0.15) is 17.4 Å². The Labute approximate surface area is 164 Å². The zero-order valence-corrected chi connectivity index (χ0v) is 17.5. The third kappa shape index (κ3) is 5.18. The number of ether oxygens (including phenoxy) is 1. The molecule has 0 spiro atoms. The van der Waals surface area contributed by atoms with Gasteiger partial charge in [0, 0.05) is 31.6 Å². The lowest BCUT2D eigenvalue weighted by Gasteiger charge is -2.18. The Morgan fingerprint density at radius 1 is 1.26 bits per heavy atom. The van der Waals surface area contributed by atoms with Crippen LogP contribution in [0.3, 0.4) is 0 Å². The lowest BCUT2D eigenvalue weighted by atomic mass is 10.2. The van der Waals surface area contributed by atoms with E-state index in [4.69, 9.17) is 4.74 Å². The number of carbonyl (C=O) groups excluding carboxylic acids is 1. The Kier molecular flexibility index (Phi) is 7.18. The maximum absolute atomic E-state index is 12.5. The average molecular weight is 409 g/mol. The van der Waals surface area contributed by atoms with Crippen LogP contribution in [0.5, 0.6) is 5.75 Å². The fourth-order valence-corrected chi connectivity index (χ4v) is 4.21. The van der Waals surface area contributed by atoms with Gasteiger partial charge < -0.3 is 9.64 Å². The fourth-order valence-electron chi connectivity index (χ4n) is 2.40. The molecule has 8 heteroatoms. The summed E-state index contributed by atoms with van der Waals surface area (Å²) in [5.74, 6) is 0.138. The molecule has 2 aromatic rings. The largest absolute Gasteiger partial charge is 0.495 e. The van der Waals surface area contributed by atoms with Gasteiger partial charge in [0.2, 0.25) is 15.9 Å². The summed E-state index contributed by atoms with van der Waals surface area (Å²) in [5, 5.41) is 1.98. The Morgan fingerprint density at radius 2 is 2.00 bits per heavy atom. The summed E-state index contributed by atoms with van der Waals surface area (Å²) in [6.07, 6.45) is 3.08. The SMILES string of the molecule is CCN(Cc1cccs1)C(=O)/C=C/c1ccc(OC)c(S(=O)(=O)N(C)C)c1. The van der Waals surface area contributed by atoms with Crippen molar-refractivity contribution in [2.75, 3.05) is 27.7 Å². The van der Waals surface area contributed by atoms with Crippen LogP contribution in [0.15, 0.2) is 46.7 Å². The molecular formula is C19H24N2O4S2. The summed E-state index contributed by atoms with van der Waals surface area (Å²) in [6.45, 7) is 3.07. The van der Waals surface area contributed by atoms with Crippen LogP contribution < -0.4 is 4.74 Å². The highest BCUT2D eigenvalue weighted by molar-refractivity contribution is 7.89. The molecule has 0 bridgehead atoms. The third-order valence-electron chi connectivity index (χ3n) is 3.98. The molecule has 0 unspecified atom stereocenters. The van der Waals surface area contributed by atoms with Crippen LogP contribution in [0.4, 0.5) is 0 Å². The molecule has 0 N–H and O–H groups in total. The molecule has 1 aromatic carbocycles. The van der Waals surface area contributed by atoms with Gasteiger partial charge in [0.1, 0.15) is 10.6 Å². The van der Waals surface area contributed by atoms with E-state index in [1.54, 1.807) is 34.4 Å². The summed E-state index contributed by atoms with van der Waals surface area (Å²) in [4.78, 5) is 15.4. The molecule has 6 nitrogen and oxygen atoms in total. The van der Waals surface area contributed by atoms with Crippen molar-refractivity contribution >= 4 is 33.3 Å². The number of sulfonamides is 1. The molecule has 0 aliphatic rings. The molecule has 1 heterocycles. The second kappa shape index (κ2) is 9.16. The van der Waals surface area contributed by atoms with Gasteiger partial charge in [0.05, 0.1) is 13.7 Å². The van der Waals surface area contributed by atoms with Crippen LogP contribution in [0.2, 0.25) is 0 Å². The number of hydrogen-bond donors (Lipinski definition) is 0. The van der Waals surface area contributed by atoms with Gasteiger partial charge in [-0.05, 0) is 42.1 Å². The summed E-state index contributed by atoms with van der Waals surface area (Å²) in [6, 6.07) is 8.76. The highest BCUT2D eigenvalue weighted by atomic mass is 32.2. The molecule has 0 atom stereocenters. The number of amides is 1. The molecule has 0 radical (unpaired) electrons. The maximum Gasteiger partial charge on any atom is 0.246 e. The lowest BCUT2D eigenvalue weighted by Crippen LogP contribution is -2.28. The Balaban J connectivity index is 2.24. The van der Waals surface area contributed by atoms with Crippen molar-refractivity contribution in [1.82, 2.24) is 9.21 Å². The first kappa shape index (κ1) is 21.1. The number of nitrogens with zero attached hydrogens (tertiary/aromatic N) is 2. The normalized spacial score (nSPS) is 11.9. The van der Waals surface area contributed by atoms with Gasteiger partial charge in [-0.3, -0.25) is 4.79 Å². The first-order valence-electron chi connectivity index (χ1n) is 8.39. The van der Waals surface area contributed by atoms with Gasteiger partial charge in [0.25, 0.3) is 0 Å². The van der Waals surface area contributed by atoms with Crippen molar-refractivity contribution in [2.24, 2.45) is 0 Å². The predicted octanol–water partition coefficient (Wildman–Crippen LogP) is 3.07. The van der Waals surface area contributed by atoms with E-state index in [-0.39, 0.29) is 16.6 Å². The third-order valence-corrected chi connectivity index (χ3v) is 6.68. The topological polar surface area (TPSA) is 66.9 Å². The number of methoxy groups -OCH3 is 1.